The first kappa shape index (κ1) is 15.7. The Kier molecular flexibility index (Phi) is 5.15. The lowest BCUT2D eigenvalue weighted by Crippen LogP contribution is -2.20. The quantitative estimate of drug-likeness (QED) is 0.853. The van der Waals surface area contributed by atoms with Crippen molar-refractivity contribution in [3.63, 3.8) is 0 Å². The van der Waals surface area contributed by atoms with Gasteiger partial charge in [0.1, 0.15) is 17.5 Å². The molecule has 0 spiro atoms. The minimum Gasteiger partial charge on any atom is -0.373 e. The van der Waals surface area contributed by atoms with Gasteiger partial charge in [0.2, 0.25) is 0 Å². The highest BCUT2D eigenvalue weighted by Gasteiger charge is 2.20. The summed E-state index contributed by atoms with van der Waals surface area (Å²) in [6, 6.07) is 0. The number of nitrogens with zero attached hydrogens (tertiary/aromatic N) is 2. The molecule has 108 valence electrons. The normalized spacial score (nSPS) is 11.8. The predicted octanol–water partition coefficient (Wildman–Crippen LogP) is 3.58. The van der Waals surface area contributed by atoms with E-state index in [0.29, 0.717) is 5.92 Å². The van der Waals surface area contributed by atoms with Crippen LogP contribution in [0, 0.1) is 12.8 Å². The van der Waals surface area contributed by atoms with E-state index in [0.717, 1.165) is 36.0 Å². The van der Waals surface area contributed by atoms with E-state index in [9.17, 15) is 0 Å². The van der Waals surface area contributed by atoms with E-state index in [1.807, 2.05) is 7.05 Å². The smallest absolute Gasteiger partial charge is 0.138 e. The molecule has 0 saturated carbocycles. The molecule has 0 aromatic carbocycles. The van der Waals surface area contributed by atoms with E-state index < -0.39 is 0 Å². The molecule has 0 aliphatic heterocycles. The van der Waals surface area contributed by atoms with Crippen molar-refractivity contribution in [2.75, 3.05) is 24.2 Å². The Morgan fingerprint density at radius 2 is 1.68 bits per heavy atom. The fraction of sp³-hybridized carbons (Fsp3) is 0.733. The molecule has 0 bridgehead atoms. The van der Waals surface area contributed by atoms with Gasteiger partial charge in [0.05, 0.1) is 0 Å². The Labute approximate surface area is 117 Å². The highest BCUT2D eigenvalue weighted by molar-refractivity contribution is 5.57. The second kappa shape index (κ2) is 6.22. The highest BCUT2D eigenvalue weighted by Crippen LogP contribution is 2.26. The van der Waals surface area contributed by atoms with Gasteiger partial charge in [0.25, 0.3) is 0 Å². The lowest BCUT2D eigenvalue weighted by Gasteiger charge is -2.21. The molecule has 0 aliphatic carbocycles. The summed E-state index contributed by atoms with van der Waals surface area (Å²) in [5.41, 5.74) is 1.03. The second-order valence-corrected chi connectivity index (χ2v) is 6.48. The standard InChI is InChI=1S/C15H28N4/c1-10(2)8-9-17-13-11(3)12(16-7)18-14(19-13)15(4,5)6/h10H,8-9H2,1-7H3,(H2,16,17,18,19). The van der Waals surface area contributed by atoms with Crippen LogP contribution >= 0.6 is 0 Å². The number of nitrogens with one attached hydrogen (secondary N) is 2. The van der Waals surface area contributed by atoms with Crippen LogP contribution in [0.2, 0.25) is 0 Å². The average molecular weight is 264 g/mol. The molecule has 4 nitrogen and oxygen atoms in total. The monoisotopic (exact) mass is 264 g/mol. The van der Waals surface area contributed by atoms with Crippen LogP contribution in [0.3, 0.4) is 0 Å². The summed E-state index contributed by atoms with van der Waals surface area (Å²) in [4.78, 5) is 9.29. The number of aromatic nitrogens is 2. The van der Waals surface area contributed by atoms with Crippen LogP contribution in [0.1, 0.15) is 52.4 Å². The molecule has 19 heavy (non-hydrogen) atoms. The average Bonchev–Trinajstić information content (AvgIpc) is 2.29. The van der Waals surface area contributed by atoms with Gasteiger partial charge in [-0.3, -0.25) is 0 Å². The maximum Gasteiger partial charge on any atom is 0.138 e. The Hall–Kier alpha value is -1.32. The highest BCUT2D eigenvalue weighted by atomic mass is 15.1. The van der Waals surface area contributed by atoms with Gasteiger partial charge in [-0.05, 0) is 19.3 Å². The van der Waals surface area contributed by atoms with E-state index >= 15 is 0 Å². The van der Waals surface area contributed by atoms with Gasteiger partial charge in [0.15, 0.2) is 0 Å². The molecule has 0 amide bonds. The van der Waals surface area contributed by atoms with E-state index in [-0.39, 0.29) is 5.41 Å². The fourth-order valence-corrected chi connectivity index (χ4v) is 1.75. The molecule has 1 aromatic heterocycles. The van der Waals surface area contributed by atoms with Crippen LogP contribution in [0.5, 0.6) is 0 Å². The summed E-state index contributed by atoms with van der Waals surface area (Å²) >= 11 is 0. The molecular weight excluding hydrogens is 236 g/mol. The zero-order valence-electron chi connectivity index (χ0n) is 13.4. The largest absolute Gasteiger partial charge is 0.373 e. The third-order valence-electron chi connectivity index (χ3n) is 3.07. The predicted molar refractivity (Wildman–Crippen MR) is 83.0 cm³/mol. The van der Waals surface area contributed by atoms with E-state index in [1.165, 1.54) is 0 Å². The molecule has 0 aliphatic rings. The van der Waals surface area contributed by atoms with Crippen molar-refractivity contribution >= 4 is 11.6 Å². The molecular formula is C15H28N4. The van der Waals surface area contributed by atoms with E-state index in [1.54, 1.807) is 0 Å². The lowest BCUT2D eigenvalue weighted by molar-refractivity contribution is 0.545. The van der Waals surface area contributed by atoms with Gasteiger partial charge >= 0.3 is 0 Å². The molecule has 1 heterocycles. The molecule has 0 fully saturated rings. The van der Waals surface area contributed by atoms with Gasteiger partial charge in [-0.15, -0.1) is 0 Å². The third-order valence-corrected chi connectivity index (χ3v) is 3.07. The fourth-order valence-electron chi connectivity index (χ4n) is 1.75. The molecule has 2 N–H and O–H groups in total. The first-order chi connectivity index (χ1) is 8.75. The summed E-state index contributed by atoms with van der Waals surface area (Å²) in [7, 11) is 1.90. The van der Waals surface area contributed by atoms with Gasteiger partial charge in [0, 0.05) is 24.6 Å². The molecule has 1 aromatic rings. The molecule has 4 heteroatoms. The lowest BCUT2D eigenvalue weighted by atomic mass is 9.95. The second-order valence-electron chi connectivity index (χ2n) is 6.48. The maximum absolute atomic E-state index is 4.69. The minimum absolute atomic E-state index is 0.0478. The molecule has 0 saturated heterocycles. The van der Waals surface area contributed by atoms with Crippen molar-refractivity contribution in [2.24, 2.45) is 5.92 Å². The van der Waals surface area contributed by atoms with Gasteiger partial charge in [-0.2, -0.15) is 0 Å². The van der Waals surface area contributed by atoms with E-state index in [2.05, 4.69) is 62.1 Å². The van der Waals surface area contributed by atoms with Gasteiger partial charge < -0.3 is 10.6 Å². The number of anilines is 2. The summed E-state index contributed by atoms with van der Waals surface area (Å²) in [6.45, 7) is 13.9. The van der Waals surface area contributed by atoms with Crippen molar-refractivity contribution in [2.45, 2.75) is 53.4 Å². The Morgan fingerprint density at radius 1 is 1.11 bits per heavy atom. The summed E-state index contributed by atoms with van der Waals surface area (Å²) in [6.07, 6.45) is 1.14. The van der Waals surface area contributed by atoms with Gasteiger partial charge in [-0.25, -0.2) is 9.97 Å². The molecule has 1 rings (SSSR count). The zero-order chi connectivity index (χ0) is 14.6. The molecule has 0 radical (unpaired) electrons. The summed E-state index contributed by atoms with van der Waals surface area (Å²) < 4.78 is 0. The molecule has 0 atom stereocenters. The Morgan fingerprint density at radius 3 is 2.16 bits per heavy atom. The zero-order valence-corrected chi connectivity index (χ0v) is 13.4. The van der Waals surface area contributed by atoms with E-state index in [4.69, 9.17) is 0 Å². The minimum atomic E-state index is -0.0478. The first-order valence-electron chi connectivity index (χ1n) is 7.06. The van der Waals surface area contributed by atoms with Crippen LogP contribution in [-0.2, 0) is 5.41 Å². The van der Waals surface area contributed by atoms with Crippen molar-refractivity contribution in [1.29, 1.82) is 0 Å². The Balaban J connectivity index is 3.01. The van der Waals surface area contributed by atoms with Crippen LogP contribution in [0.4, 0.5) is 11.6 Å². The Bertz CT molecular complexity index is 419. The van der Waals surface area contributed by atoms with Crippen molar-refractivity contribution in [3.05, 3.63) is 11.4 Å². The molecule has 0 unspecified atom stereocenters. The maximum atomic E-state index is 4.69. The van der Waals surface area contributed by atoms with Crippen molar-refractivity contribution in [3.8, 4) is 0 Å². The van der Waals surface area contributed by atoms with Crippen LogP contribution in [-0.4, -0.2) is 23.6 Å². The SMILES string of the molecule is CNc1nc(C(C)(C)C)nc(NCCC(C)C)c1C. The van der Waals surface area contributed by atoms with Crippen LogP contribution in [0.15, 0.2) is 0 Å². The van der Waals surface area contributed by atoms with Crippen LogP contribution < -0.4 is 10.6 Å². The van der Waals surface area contributed by atoms with Crippen molar-refractivity contribution < 1.29 is 0 Å². The topological polar surface area (TPSA) is 49.8 Å². The van der Waals surface area contributed by atoms with Crippen LogP contribution in [0.25, 0.3) is 0 Å². The summed E-state index contributed by atoms with van der Waals surface area (Å²) in [5.74, 6) is 3.42. The van der Waals surface area contributed by atoms with Crippen molar-refractivity contribution in [1.82, 2.24) is 9.97 Å². The summed E-state index contributed by atoms with van der Waals surface area (Å²) in [5, 5.41) is 6.60. The number of hydrogen-bond acceptors (Lipinski definition) is 4. The third kappa shape index (κ3) is 4.37. The number of rotatable bonds is 5. The van der Waals surface area contributed by atoms with Gasteiger partial charge in [-0.1, -0.05) is 34.6 Å². The first-order valence-corrected chi connectivity index (χ1v) is 7.06. The number of hydrogen-bond donors (Lipinski definition) is 2.